The summed E-state index contributed by atoms with van der Waals surface area (Å²) in [6, 6.07) is 11.1. The number of amides is 1. The Bertz CT molecular complexity index is 734. The summed E-state index contributed by atoms with van der Waals surface area (Å²) in [7, 11) is 4.05. The van der Waals surface area contributed by atoms with Gasteiger partial charge in [-0.2, -0.15) is 0 Å². The number of rotatable bonds is 5. The third-order valence-electron chi connectivity index (χ3n) is 4.18. The molecule has 0 fully saturated rings. The number of ether oxygens (including phenoxy) is 1. The van der Waals surface area contributed by atoms with Crippen LogP contribution in [0.4, 0.5) is 0 Å². The minimum absolute atomic E-state index is 0.0506. The Morgan fingerprint density at radius 1 is 1.28 bits per heavy atom. The van der Waals surface area contributed by atoms with Crippen LogP contribution in [0.5, 0.6) is 5.88 Å². The van der Waals surface area contributed by atoms with E-state index in [9.17, 15) is 4.79 Å². The molecule has 1 aromatic carbocycles. The third-order valence-corrected chi connectivity index (χ3v) is 4.43. The van der Waals surface area contributed by atoms with Gasteiger partial charge in [0.05, 0.1) is 6.54 Å². The molecular weight excluding hydrogens is 338 g/mol. The fraction of sp³-hybridized carbons (Fsp3) is 0.368. The highest BCUT2D eigenvalue weighted by atomic mass is 35.5. The average Bonchev–Trinajstić information content (AvgIpc) is 2.73. The van der Waals surface area contributed by atoms with E-state index >= 15 is 0 Å². The van der Waals surface area contributed by atoms with Gasteiger partial charge in [-0.3, -0.25) is 4.79 Å². The van der Waals surface area contributed by atoms with Crippen LogP contribution >= 0.6 is 11.6 Å². The molecule has 0 N–H and O–H groups in total. The fourth-order valence-corrected chi connectivity index (χ4v) is 2.97. The number of benzene rings is 1. The van der Waals surface area contributed by atoms with E-state index in [0.29, 0.717) is 29.6 Å². The van der Waals surface area contributed by atoms with Gasteiger partial charge in [0.1, 0.15) is 11.7 Å². The highest BCUT2D eigenvalue weighted by Crippen LogP contribution is 2.25. The molecule has 1 unspecified atom stereocenters. The maximum absolute atomic E-state index is 13.0. The molecule has 3 rings (SSSR count). The number of hydrogen-bond acceptors (Lipinski definition) is 4. The number of halogens is 1. The summed E-state index contributed by atoms with van der Waals surface area (Å²) in [6.45, 7) is 1.94. The molecule has 5 nitrogen and oxygen atoms in total. The Kier molecular flexibility index (Phi) is 5.56. The zero-order valence-electron chi connectivity index (χ0n) is 14.5. The summed E-state index contributed by atoms with van der Waals surface area (Å²) < 4.78 is 6.04. The summed E-state index contributed by atoms with van der Waals surface area (Å²) in [6.07, 6.45) is 2.40. The van der Waals surface area contributed by atoms with Crippen molar-refractivity contribution >= 4 is 17.5 Å². The van der Waals surface area contributed by atoms with Gasteiger partial charge in [0.2, 0.25) is 5.88 Å². The van der Waals surface area contributed by atoms with Gasteiger partial charge in [0, 0.05) is 24.3 Å². The van der Waals surface area contributed by atoms with Crippen molar-refractivity contribution < 1.29 is 9.53 Å². The molecule has 0 radical (unpaired) electrons. The predicted molar refractivity (Wildman–Crippen MR) is 98.0 cm³/mol. The molecule has 0 aliphatic carbocycles. The molecule has 132 valence electrons. The first-order valence-corrected chi connectivity index (χ1v) is 8.71. The van der Waals surface area contributed by atoms with E-state index in [2.05, 4.69) is 9.88 Å². The van der Waals surface area contributed by atoms with Gasteiger partial charge >= 0.3 is 0 Å². The number of nitrogens with zero attached hydrogens (tertiary/aromatic N) is 3. The van der Waals surface area contributed by atoms with E-state index < -0.39 is 0 Å². The number of hydrogen-bond donors (Lipinski definition) is 0. The van der Waals surface area contributed by atoms with Crippen LogP contribution in [0.25, 0.3) is 0 Å². The minimum Gasteiger partial charge on any atom is -0.472 e. The summed E-state index contributed by atoms with van der Waals surface area (Å²) in [5.74, 6) is 0.375. The van der Waals surface area contributed by atoms with E-state index in [-0.39, 0.29) is 12.0 Å². The van der Waals surface area contributed by atoms with Crippen LogP contribution in [0.15, 0.2) is 42.6 Å². The number of fused-ring (bicyclic) bond motifs is 1. The zero-order chi connectivity index (χ0) is 17.8. The van der Waals surface area contributed by atoms with Crippen molar-refractivity contribution in [2.45, 2.75) is 19.1 Å². The van der Waals surface area contributed by atoms with E-state index in [4.69, 9.17) is 16.3 Å². The van der Waals surface area contributed by atoms with Crippen LogP contribution in [0.2, 0.25) is 5.02 Å². The van der Waals surface area contributed by atoms with Gasteiger partial charge in [-0.15, -0.1) is 0 Å². The molecule has 2 aromatic rings. The molecule has 1 amide bonds. The maximum atomic E-state index is 13.0. The Labute approximate surface area is 153 Å². The van der Waals surface area contributed by atoms with Crippen LogP contribution in [0.1, 0.15) is 22.3 Å². The second-order valence-corrected chi connectivity index (χ2v) is 6.94. The molecule has 1 atom stereocenters. The van der Waals surface area contributed by atoms with Gasteiger partial charge in [-0.05, 0) is 50.3 Å². The molecule has 25 heavy (non-hydrogen) atoms. The van der Waals surface area contributed by atoms with Crippen molar-refractivity contribution in [3.8, 4) is 5.88 Å². The number of pyridine rings is 1. The molecule has 1 aromatic heterocycles. The maximum Gasteiger partial charge on any atom is 0.259 e. The summed E-state index contributed by atoms with van der Waals surface area (Å²) in [4.78, 5) is 21.2. The Morgan fingerprint density at radius 3 is 2.76 bits per heavy atom. The lowest BCUT2D eigenvalue weighted by Crippen LogP contribution is -2.37. The van der Waals surface area contributed by atoms with Crippen LogP contribution in [0.3, 0.4) is 0 Å². The van der Waals surface area contributed by atoms with Gasteiger partial charge in [-0.1, -0.05) is 23.7 Å². The topological polar surface area (TPSA) is 45.7 Å². The zero-order valence-corrected chi connectivity index (χ0v) is 15.2. The second-order valence-electron chi connectivity index (χ2n) is 6.50. The van der Waals surface area contributed by atoms with Crippen molar-refractivity contribution in [1.82, 2.24) is 14.8 Å². The van der Waals surface area contributed by atoms with Crippen molar-refractivity contribution in [2.75, 3.05) is 27.2 Å². The molecule has 0 saturated heterocycles. The Morgan fingerprint density at radius 2 is 2.04 bits per heavy atom. The molecule has 0 spiro atoms. The molecule has 2 heterocycles. The van der Waals surface area contributed by atoms with Crippen molar-refractivity contribution in [3.05, 3.63) is 58.7 Å². The lowest BCUT2D eigenvalue weighted by atomic mass is 10.1. The second kappa shape index (κ2) is 7.85. The lowest BCUT2D eigenvalue weighted by molar-refractivity contribution is 0.0680. The fourth-order valence-electron chi connectivity index (χ4n) is 2.84. The number of aromatic nitrogens is 1. The van der Waals surface area contributed by atoms with Gasteiger partial charge in [0.25, 0.3) is 5.91 Å². The van der Waals surface area contributed by atoms with Crippen LogP contribution in [-0.2, 0) is 6.54 Å². The van der Waals surface area contributed by atoms with Crippen LogP contribution in [0, 0.1) is 0 Å². The summed E-state index contributed by atoms with van der Waals surface area (Å²) >= 11 is 5.96. The van der Waals surface area contributed by atoms with Crippen molar-refractivity contribution in [1.29, 1.82) is 0 Å². The first kappa shape index (κ1) is 17.7. The SMILES string of the molecule is CN(C)CCC1CN(Cc2ccc(Cl)cc2)C(=O)c2cccnc2O1. The molecule has 0 bridgehead atoms. The third kappa shape index (κ3) is 4.50. The lowest BCUT2D eigenvalue weighted by Gasteiger charge is -2.25. The van der Waals surface area contributed by atoms with Crippen molar-refractivity contribution in [2.24, 2.45) is 0 Å². The molecule has 1 aliphatic heterocycles. The standard InChI is InChI=1S/C19H22ClN3O2/c1-22(2)11-9-16-13-23(12-14-5-7-15(20)8-6-14)19(24)17-4-3-10-21-18(17)25-16/h3-8,10,16H,9,11-13H2,1-2H3. The van der Waals surface area contributed by atoms with E-state index in [1.807, 2.05) is 43.3 Å². The monoisotopic (exact) mass is 359 g/mol. The normalized spacial score (nSPS) is 17.2. The van der Waals surface area contributed by atoms with E-state index in [1.54, 1.807) is 18.3 Å². The van der Waals surface area contributed by atoms with Gasteiger partial charge in [-0.25, -0.2) is 4.98 Å². The summed E-state index contributed by atoms with van der Waals surface area (Å²) in [5.41, 5.74) is 1.56. The van der Waals surface area contributed by atoms with Gasteiger partial charge in [0.15, 0.2) is 0 Å². The number of carbonyl (C=O) groups excluding carboxylic acids is 1. The first-order chi connectivity index (χ1) is 12.0. The Hall–Kier alpha value is -2.11. The molecular formula is C19H22ClN3O2. The minimum atomic E-state index is -0.0881. The Balaban J connectivity index is 1.84. The largest absolute Gasteiger partial charge is 0.472 e. The van der Waals surface area contributed by atoms with Crippen LogP contribution in [-0.4, -0.2) is 54.0 Å². The molecule has 1 aliphatic rings. The molecule has 6 heteroatoms. The van der Waals surface area contributed by atoms with Gasteiger partial charge < -0.3 is 14.5 Å². The first-order valence-electron chi connectivity index (χ1n) is 8.33. The highest BCUT2D eigenvalue weighted by molar-refractivity contribution is 6.30. The van der Waals surface area contributed by atoms with E-state index in [1.165, 1.54) is 0 Å². The molecule has 0 saturated carbocycles. The summed E-state index contributed by atoms with van der Waals surface area (Å²) in [5, 5.41) is 0.688. The number of carbonyl (C=O) groups is 1. The highest BCUT2D eigenvalue weighted by Gasteiger charge is 2.29. The average molecular weight is 360 g/mol. The van der Waals surface area contributed by atoms with Crippen LogP contribution < -0.4 is 4.74 Å². The predicted octanol–water partition coefficient (Wildman–Crippen LogP) is 3.09. The smallest absolute Gasteiger partial charge is 0.259 e. The van der Waals surface area contributed by atoms with E-state index in [0.717, 1.165) is 18.5 Å². The quantitative estimate of drug-likeness (QED) is 0.823. The van der Waals surface area contributed by atoms with Crippen molar-refractivity contribution in [3.63, 3.8) is 0 Å².